The molecule has 64 valence electrons. The first kappa shape index (κ1) is 9.29. The molecule has 2 radical (unpaired) electrons. The van der Waals surface area contributed by atoms with Gasteiger partial charge in [-0.05, 0) is 27.7 Å². The Bertz CT molecular complexity index is 299. The van der Waals surface area contributed by atoms with Crippen LogP contribution in [0.3, 0.4) is 0 Å². The first-order valence-corrected chi connectivity index (χ1v) is 3.85. The summed E-state index contributed by atoms with van der Waals surface area (Å²) >= 11 is 0. The minimum Gasteiger partial charge on any atom is -0.235 e. The third-order valence-electron chi connectivity index (χ3n) is 1.72. The van der Waals surface area contributed by atoms with Crippen LogP contribution >= 0.6 is 0 Å². The summed E-state index contributed by atoms with van der Waals surface area (Å²) in [5.74, 6) is -0.347. The molecule has 0 saturated carbocycles. The highest BCUT2D eigenvalue weighted by Gasteiger charge is 2.20. The van der Waals surface area contributed by atoms with Crippen LogP contribution in [0.5, 0.6) is 0 Å². The van der Waals surface area contributed by atoms with Gasteiger partial charge in [0.15, 0.2) is 0 Å². The van der Waals surface area contributed by atoms with E-state index in [4.69, 9.17) is 7.85 Å². The Hall–Kier alpha value is -0.795. The predicted molar refractivity (Wildman–Crippen MR) is 47.3 cm³/mol. The van der Waals surface area contributed by atoms with E-state index in [1.807, 2.05) is 20.8 Å². The Labute approximate surface area is 73.2 Å². The van der Waals surface area contributed by atoms with Crippen LogP contribution in [-0.2, 0) is 5.54 Å². The summed E-state index contributed by atoms with van der Waals surface area (Å²) < 4.78 is 14.6. The fourth-order valence-electron chi connectivity index (χ4n) is 0.936. The van der Waals surface area contributed by atoms with Gasteiger partial charge in [0.25, 0.3) is 0 Å². The van der Waals surface area contributed by atoms with Gasteiger partial charge in [0, 0.05) is 11.2 Å². The van der Waals surface area contributed by atoms with E-state index in [1.165, 1.54) is 4.68 Å². The summed E-state index contributed by atoms with van der Waals surface area (Å²) in [6, 6.07) is 0. The normalized spacial score (nSPS) is 12.1. The van der Waals surface area contributed by atoms with Gasteiger partial charge in [-0.1, -0.05) is 0 Å². The molecular weight excluding hydrogens is 154 g/mol. The number of hydrogen-bond donors (Lipinski definition) is 0. The van der Waals surface area contributed by atoms with Crippen molar-refractivity contribution in [3.05, 3.63) is 11.5 Å². The van der Waals surface area contributed by atoms with E-state index in [1.54, 1.807) is 6.92 Å². The van der Waals surface area contributed by atoms with Gasteiger partial charge in [-0.3, -0.25) is 0 Å². The molecule has 4 heteroatoms. The zero-order valence-corrected chi connectivity index (χ0v) is 7.85. The van der Waals surface area contributed by atoms with Crippen molar-refractivity contribution in [1.82, 2.24) is 9.78 Å². The second kappa shape index (κ2) is 2.61. The van der Waals surface area contributed by atoms with E-state index in [0.717, 1.165) is 0 Å². The summed E-state index contributed by atoms with van der Waals surface area (Å²) in [7, 11) is 5.47. The Balaban J connectivity index is 3.28. The maximum Gasteiger partial charge on any atom is 0.214 e. The Morgan fingerprint density at radius 1 is 1.42 bits per heavy atom. The first-order chi connectivity index (χ1) is 5.34. The lowest BCUT2D eigenvalue weighted by molar-refractivity contribution is 0.299. The van der Waals surface area contributed by atoms with Crippen molar-refractivity contribution in [2.24, 2.45) is 0 Å². The summed E-state index contributed by atoms with van der Waals surface area (Å²) in [4.78, 5) is 0. The van der Waals surface area contributed by atoms with Gasteiger partial charge in [0.05, 0.1) is 5.54 Å². The molecular formula is C8H12BFN2. The molecule has 1 aromatic heterocycles. The van der Waals surface area contributed by atoms with Gasteiger partial charge in [-0.25, -0.2) is 4.68 Å². The lowest BCUT2D eigenvalue weighted by Gasteiger charge is -2.19. The van der Waals surface area contributed by atoms with Gasteiger partial charge in [-0.2, -0.15) is 9.49 Å². The fraction of sp³-hybridized carbons (Fsp3) is 0.625. The molecule has 0 N–H and O–H groups in total. The second-order valence-corrected chi connectivity index (χ2v) is 3.88. The van der Waals surface area contributed by atoms with Crippen LogP contribution in [0.2, 0.25) is 0 Å². The van der Waals surface area contributed by atoms with E-state index >= 15 is 0 Å². The monoisotopic (exact) mass is 166 g/mol. The SMILES string of the molecule is [B]c1nn(C(C)(C)C)c(F)c1C. The van der Waals surface area contributed by atoms with Gasteiger partial charge >= 0.3 is 0 Å². The molecule has 0 aliphatic carbocycles. The molecule has 0 saturated heterocycles. The lowest BCUT2D eigenvalue weighted by atomic mass is 10.0. The van der Waals surface area contributed by atoms with E-state index in [9.17, 15) is 4.39 Å². The summed E-state index contributed by atoms with van der Waals surface area (Å²) in [5, 5.41) is 3.90. The fourth-order valence-corrected chi connectivity index (χ4v) is 0.936. The molecule has 0 aromatic carbocycles. The number of hydrogen-bond acceptors (Lipinski definition) is 1. The topological polar surface area (TPSA) is 17.8 Å². The van der Waals surface area contributed by atoms with Crippen molar-refractivity contribution < 1.29 is 4.39 Å². The Morgan fingerprint density at radius 2 is 1.92 bits per heavy atom. The molecule has 0 bridgehead atoms. The maximum atomic E-state index is 13.3. The maximum absolute atomic E-state index is 13.3. The zero-order valence-electron chi connectivity index (χ0n) is 7.85. The molecule has 1 aromatic rings. The first-order valence-electron chi connectivity index (χ1n) is 3.85. The third kappa shape index (κ3) is 1.38. The standard InChI is InChI=1S/C8H12BFN2/c1-5-6(9)11-12(7(5)10)8(2,3)4/h1-4H3. The Kier molecular flexibility index (Phi) is 2.02. The van der Waals surface area contributed by atoms with Crippen LogP contribution in [0.15, 0.2) is 0 Å². The van der Waals surface area contributed by atoms with E-state index in [0.29, 0.717) is 5.56 Å². The summed E-state index contributed by atoms with van der Waals surface area (Å²) in [6.07, 6.45) is 0. The predicted octanol–water partition coefficient (Wildman–Crippen LogP) is 0.879. The van der Waals surface area contributed by atoms with Crippen LogP contribution in [0.4, 0.5) is 4.39 Å². The van der Waals surface area contributed by atoms with Gasteiger partial charge in [0.1, 0.15) is 7.85 Å². The molecule has 0 aliphatic heterocycles. The van der Waals surface area contributed by atoms with Crippen LogP contribution in [0, 0.1) is 12.9 Å². The van der Waals surface area contributed by atoms with E-state index < -0.39 is 0 Å². The smallest absolute Gasteiger partial charge is 0.214 e. The van der Waals surface area contributed by atoms with Crippen LogP contribution in [0.1, 0.15) is 26.3 Å². The van der Waals surface area contributed by atoms with Crippen molar-refractivity contribution in [2.45, 2.75) is 33.2 Å². The minimum atomic E-state index is -0.355. The van der Waals surface area contributed by atoms with Gasteiger partial charge in [-0.15, -0.1) is 0 Å². The highest BCUT2D eigenvalue weighted by atomic mass is 19.1. The molecule has 0 fully saturated rings. The second-order valence-electron chi connectivity index (χ2n) is 3.88. The molecule has 1 rings (SSSR count). The largest absolute Gasteiger partial charge is 0.235 e. The van der Waals surface area contributed by atoms with Gasteiger partial charge in [0.2, 0.25) is 5.95 Å². The summed E-state index contributed by atoms with van der Waals surface area (Å²) in [6.45, 7) is 7.26. The molecule has 0 amide bonds. The number of aromatic nitrogens is 2. The molecule has 0 unspecified atom stereocenters. The molecule has 0 spiro atoms. The quantitative estimate of drug-likeness (QED) is 0.523. The van der Waals surface area contributed by atoms with Crippen LogP contribution in [0.25, 0.3) is 0 Å². The highest BCUT2D eigenvalue weighted by Crippen LogP contribution is 2.15. The number of halogens is 1. The van der Waals surface area contributed by atoms with E-state index in [2.05, 4.69) is 5.10 Å². The zero-order chi connectivity index (χ0) is 9.52. The third-order valence-corrected chi connectivity index (χ3v) is 1.72. The van der Waals surface area contributed by atoms with Gasteiger partial charge < -0.3 is 0 Å². The molecule has 1 heterocycles. The number of rotatable bonds is 0. The molecule has 0 aliphatic rings. The lowest BCUT2D eigenvalue weighted by Crippen LogP contribution is -2.26. The van der Waals surface area contributed by atoms with Crippen molar-refractivity contribution in [3.8, 4) is 0 Å². The van der Waals surface area contributed by atoms with Crippen LogP contribution < -0.4 is 5.59 Å². The molecule has 12 heavy (non-hydrogen) atoms. The van der Waals surface area contributed by atoms with Crippen molar-refractivity contribution in [2.75, 3.05) is 0 Å². The average Bonchev–Trinajstić information content (AvgIpc) is 2.15. The van der Waals surface area contributed by atoms with Crippen molar-refractivity contribution in [1.29, 1.82) is 0 Å². The van der Waals surface area contributed by atoms with E-state index in [-0.39, 0.29) is 17.1 Å². The van der Waals surface area contributed by atoms with Crippen LogP contribution in [-0.4, -0.2) is 17.6 Å². The average molecular weight is 166 g/mol. The summed E-state index contributed by atoms with van der Waals surface area (Å²) in [5.41, 5.74) is 0.333. The highest BCUT2D eigenvalue weighted by molar-refractivity contribution is 6.31. The Morgan fingerprint density at radius 3 is 2.08 bits per heavy atom. The number of nitrogens with zero attached hydrogens (tertiary/aromatic N) is 2. The molecule has 0 atom stereocenters. The minimum absolute atomic E-state index is 0.266. The van der Waals surface area contributed by atoms with Crippen molar-refractivity contribution in [3.63, 3.8) is 0 Å². The molecule has 2 nitrogen and oxygen atoms in total. The van der Waals surface area contributed by atoms with Crippen molar-refractivity contribution >= 4 is 13.4 Å².